The summed E-state index contributed by atoms with van der Waals surface area (Å²) in [5, 5.41) is 8.43. The number of nitrogens with zero attached hydrogens (tertiary/aromatic N) is 2. The number of rotatable bonds is 16. The Bertz CT molecular complexity index is 921. The van der Waals surface area contributed by atoms with E-state index in [1.807, 2.05) is 36.4 Å². The van der Waals surface area contributed by atoms with Crippen molar-refractivity contribution in [1.29, 1.82) is 0 Å². The molecule has 2 rings (SSSR count). The van der Waals surface area contributed by atoms with Gasteiger partial charge in [0, 0.05) is 67.1 Å². The molecule has 0 aliphatic rings. The first kappa shape index (κ1) is 46.9. The van der Waals surface area contributed by atoms with Gasteiger partial charge in [-0.15, -0.1) is 46.4 Å². The van der Waals surface area contributed by atoms with E-state index in [9.17, 15) is 9.59 Å². The van der Waals surface area contributed by atoms with E-state index in [1.54, 1.807) is 12.1 Å². The maximum atomic E-state index is 10.7. The van der Waals surface area contributed by atoms with E-state index in [-0.39, 0.29) is 43.0 Å². The van der Waals surface area contributed by atoms with E-state index < -0.39 is 5.97 Å². The SMILES string of the molecule is C.CC(=O)/C=C/Oc1ccc(N(CCCl)CCCl)cc1.O.O=C(O)/C=C/Oc1ccc(N(CCCl)CCCl)cc1.[Li+].[OH-]. The zero-order chi connectivity index (χ0) is 28.2. The maximum Gasteiger partial charge on any atom is 1.00 e. The standard InChI is InChI=1S/C14H17Cl2NO2.C13H15Cl2NO3.CH4.Li.2H2O/c1-12(18)6-11-19-14-4-2-13(3-5-14)17(9-7-15)10-8-16;14-6-8-16(9-7-15)11-1-3-12(4-2-11)19-10-5-13(17)18;;;;/h2-6,11H,7-10H2,1H3;1-5,10H,6-9H2,(H,17,18);1H4;;2*1H2/q;;;+1;;/p-1/b11-6+;10-5+;;;;. The molecule has 0 bridgehead atoms. The fourth-order valence-corrected chi connectivity index (χ4v) is 3.81. The Morgan fingerprint density at radius 1 is 0.714 bits per heavy atom. The number of aliphatic carboxylic acids is 1. The van der Waals surface area contributed by atoms with Crippen LogP contribution in [0.15, 0.2) is 73.2 Å². The van der Waals surface area contributed by atoms with Crippen molar-refractivity contribution in [3.05, 3.63) is 73.2 Å². The number of benzene rings is 2. The summed E-state index contributed by atoms with van der Waals surface area (Å²) >= 11 is 23.0. The minimum Gasteiger partial charge on any atom is -0.870 e. The van der Waals surface area contributed by atoms with Crippen LogP contribution in [0.2, 0.25) is 0 Å². The minimum atomic E-state index is -1.05. The number of hydrogen-bond acceptors (Lipinski definition) is 7. The summed E-state index contributed by atoms with van der Waals surface area (Å²) in [7, 11) is 0. The molecule has 42 heavy (non-hydrogen) atoms. The van der Waals surface area contributed by atoms with Crippen LogP contribution in [0, 0.1) is 0 Å². The number of ether oxygens (including phenoxy) is 2. The zero-order valence-electron chi connectivity index (χ0n) is 23.0. The second kappa shape index (κ2) is 29.0. The number of halogens is 4. The summed E-state index contributed by atoms with van der Waals surface area (Å²) in [6, 6.07) is 14.8. The number of ketones is 1. The first-order chi connectivity index (χ1) is 18.3. The average Bonchev–Trinajstić information content (AvgIpc) is 2.89. The van der Waals surface area contributed by atoms with Gasteiger partial charge in [-0.1, -0.05) is 7.43 Å². The van der Waals surface area contributed by atoms with E-state index in [4.69, 9.17) is 61.0 Å². The Hall–Kier alpha value is -2.06. The molecule has 0 aromatic heterocycles. The van der Waals surface area contributed by atoms with Crippen LogP contribution in [0.4, 0.5) is 11.4 Å². The number of carbonyl (C=O) groups is 2. The number of alkyl halides is 4. The molecule has 2 aromatic carbocycles. The molecule has 0 saturated carbocycles. The third kappa shape index (κ3) is 20.8. The van der Waals surface area contributed by atoms with Crippen molar-refractivity contribution in [3.63, 3.8) is 0 Å². The third-order valence-electron chi connectivity index (χ3n) is 4.74. The molecule has 0 aliphatic carbocycles. The first-order valence-electron chi connectivity index (χ1n) is 11.7. The van der Waals surface area contributed by atoms with Gasteiger partial charge in [-0.25, -0.2) is 4.79 Å². The molecule has 0 radical (unpaired) electrons. The van der Waals surface area contributed by atoms with Crippen molar-refractivity contribution in [2.45, 2.75) is 14.4 Å². The van der Waals surface area contributed by atoms with Crippen molar-refractivity contribution in [3.8, 4) is 11.5 Å². The smallest absolute Gasteiger partial charge is 0.870 e. The monoisotopic (exact) mass is 662 g/mol. The summed E-state index contributed by atoms with van der Waals surface area (Å²) in [5.41, 5.74) is 2.04. The van der Waals surface area contributed by atoms with E-state index in [0.29, 0.717) is 48.1 Å². The average molecular weight is 664 g/mol. The normalized spacial score (nSPS) is 9.64. The minimum absolute atomic E-state index is 0. The van der Waals surface area contributed by atoms with Gasteiger partial charge in [-0.2, -0.15) is 0 Å². The predicted molar refractivity (Wildman–Crippen MR) is 170 cm³/mol. The molecule has 0 saturated heterocycles. The first-order valence-corrected chi connectivity index (χ1v) is 13.8. The summed E-state index contributed by atoms with van der Waals surface area (Å²) in [6.45, 7) is 4.40. The van der Waals surface area contributed by atoms with Crippen molar-refractivity contribution >= 4 is 69.5 Å². The molecule has 0 fully saturated rings. The Balaban J connectivity index is -0.000000314. The van der Waals surface area contributed by atoms with Crippen LogP contribution in [0.3, 0.4) is 0 Å². The Labute approximate surface area is 280 Å². The van der Waals surface area contributed by atoms with Crippen LogP contribution in [0.25, 0.3) is 0 Å². The molecular weight excluding hydrogens is 625 g/mol. The third-order valence-corrected chi connectivity index (χ3v) is 5.42. The number of carboxylic acids is 1. The van der Waals surface area contributed by atoms with Crippen LogP contribution in [0.5, 0.6) is 11.5 Å². The molecule has 4 N–H and O–H groups in total. The fraction of sp³-hybridized carbons (Fsp3) is 0.357. The molecule has 0 aliphatic heterocycles. The summed E-state index contributed by atoms with van der Waals surface area (Å²) < 4.78 is 10.4. The topological polar surface area (TPSA) is 141 Å². The van der Waals surface area contributed by atoms with Gasteiger partial charge in [0.25, 0.3) is 0 Å². The number of carboxylic acid groups (broad SMARTS) is 1. The molecule has 0 atom stereocenters. The number of allylic oxidation sites excluding steroid dienone is 1. The van der Waals surface area contributed by atoms with Crippen molar-refractivity contribution in [1.82, 2.24) is 0 Å². The molecule has 0 amide bonds. The van der Waals surface area contributed by atoms with E-state index in [2.05, 4.69) is 9.80 Å². The van der Waals surface area contributed by atoms with Crippen molar-refractivity contribution < 1.29 is 54.0 Å². The van der Waals surface area contributed by atoms with Crippen LogP contribution in [-0.2, 0) is 9.59 Å². The van der Waals surface area contributed by atoms with Gasteiger partial charge in [0.1, 0.15) is 11.5 Å². The molecule has 0 spiro atoms. The largest absolute Gasteiger partial charge is 1.00 e. The molecule has 2 aromatic rings. The number of hydrogen-bond donors (Lipinski definition) is 1. The molecule has 0 heterocycles. The van der Waals surface area contributed by atoms with Gasteiger partial charge in [0.05, 0.1) is 18.6 Å². The Morgan fingerprint density at radius 2 is 1.02 bits per heavy atom. The van der Waals surface area contributed by atoms with Gasteiger partial charge in [-0.05, 0) is 55.5 Å². The molecule has 0 unspecified atom stereocenters. The van der Waals surface area contributed by atoms with E-state index >= 15 is 0 Å². The second-order valence-electron chi connectivity index (χ2n) is 7.51. The number of anilines is 2. The van der Waals surface area contributed by atoms with Gasteiger partial charge in [0.15, 0.2) is 5.78 Å². The molecular formula is C28H39Cl4LiN2O7. The zero-order valence-corrected chi connectivity index (χ0v) is 26.0. The summed E-state index contributed by atoms with van der Waals surface area (Å²) in [4.78, 5) is 25.2. The molecule has 14 heteroatoms. The fourth-order valence-electron chi connectivity index (χ4n) is 3.00. The van der Waals surface area contributed by atoms with Crippen LogP contribution < -0.4 is 38.1 Å². The van der Waals surface area contributed by atoms with Crippen LogP contribution in [-0.4, -0.2) is 77.5 Å². The maximum absolute atomic E-state index is 10.7. The van der Waals surface area contributed by atoms with Crippen LogP contribution in [0.1, 0.15) is 14.4 Å². The number of carbonyl (C=O) groups excluding carboxylic acids is 1. The van der Waals surface area contributed by atoms with E-state index in [1.165, 1.54) is 19.3 Å². The summed E-state index contributed by atoms with van der Waals surface area (Å²) in [5.74, 6) is 2.30. The summed E-state index contributed by atoms with van der Waals surface area (Å²) in [6.07, 6.45) is 4.82. The van der Waals surface area contributed by atoms with Crippen molar-refractivity contribution in [2.24, 2.45) is 0 Å². The van der Waals surface area contributed by atoms with Gasteiger partial charge < -0.3 is 35.3 Å². The quantitative estimate of drug-likeness (QED) is 0.125. The second-order valence-corrected chi connectivity index (χ2v) is 9.02. The van der Waals surface area contributed by atoms with E-state index in [0.717, 1.165) is 36.8 Å². The van der Waals surface area contributed by atoms with Gasteiger partial charge >= 0.3 is 24.8 Å². The molecule has 232 valence electrons. The van der Waals surface area contributed by atoms with Crippen molar-refractivity contribution in [2.75, 3.05) is 59.5 Å². The predicted octanol–water partition coefficient (Wildman–Crippen LogP) is 3.04. The Morgan fingerprint density at radius 3 is 1.29 bits per heavy atom. The Kier molecular flexibility index (Phi) is 32.4. The van der Waals surface area contributed by atoms with Gasteiger partial charge in [-0.3, -0.25) is 4.79 Å². The van der Waals surface area contributed by atoms with Gasteiger partial charge in [0.2, 0.25) is 0 Å². The van der Waals surface area contributed by atoms with Crippen LogP contribution >= 0.6 is 46.4 Å². The molecule has 9 nitrogen and oxygen atoms in total.